The van der Waals surface area contributed by atoms with Crippen molar-refractivity contribution in [1.29, 1.82) is 0 Å². The molecule has 0 saturated heterocycles. The number of carbonyl (C=O) groups excluding carboxylic acids is 1. The second-order valence-corrected chi connectivity index (χ2v) is 6.88. The van der Waals surface area contributed by atoms with E-state index in [1.165, 1.54) is 0 Å². The lowest BCUT2D eigenvalue weighted by Crippen LogP contribution is -2.43. The molecule has 5 rings (SSSR count). The number of amides is 1. The van der Waals surface area contributed by atoms with Crippen LogP contribution in [0.25, 0.3) is 0 Å². The van der Waals surface area contributed by atoms with Gasteiger partial charge in [-0.15, -0.1) is 0 Å². The number of hydrogen-bond acceptors (Lipinski definition) is 5. The van der Waals surface area contributed by atoms with Gasteiger partial charge in [0.1, 0.15) is 0 Å². The third kappa shape index (κ3) is 2.44. The zero-order chi connectivity index (χ0) is 17.6. The second-order valence-electron chi connectivity index (χ2n) is 6.88. The van der Waals surface area contributed by atoms with Crippen molar-refractivity contribution in [2.24, 2.45) is 0 Å². The standard InChI is InChI=1S/C20H19NO5/c22-19(13-3-5-15-17(9-13)25-11-23-15)21-20(7-1-2-8-20)14-4-6-16-18(10-14)26-12-24-16/h3-6,9-10H,1-2,7-8,11-12H2,(H,21,22). The molecule has 6 heteroatoms. The summed E-state index contributed by atoms with van der Waals surface area (Å²) in [5, 5.41) is 3.28. The average molecular weight is 353 g/mol. The lowest BCUT2D eigenvalue weighted by atomic mass is 9.87. The molecule has 0 aromatic heterocycles. The van der Waals surface area contributed by atoms with Gasteiger partial charge in [-0.1, -0.05) is 18.9 Å². The van der Waals surface area contributed by atoms with Crippen LogP contribution in [-0.2, 0) is 5.54 Å². The minimum absolute atomic E-state index is 0.108. The summed E-state index contributed by atoms with van der Waals surface area (Å²) < 4.78 is 21.6. The summed E-state index contributed by atoms with van der Waals surface area (Å²) in [5.74, 6) is 2.67. The lowest BCUT2D eigenvalue weighted by molar-refractivity contribution is 0.0897. The highest BCUT2D eigenvalue weighted by Crippen LogP contribution is 2.43. The molecule has 1 N–H and O–H groups in total. The van der Waals surface area contributed by atoms with Crippen LogP contribution in [0.1, 0.15) is 41.6 Å². The number of fused-ring (bicyclic) bond motifs is 2. The Morgan fingerprint density at radius 2 is 1.42 bits per heavy atom. The summed E-state index contributed by atoms with van der Waals surface area (Å²) in [7, 11) is 0. The Balaban J connectivity index is 1.45. The highest BCUT2D eigenvalue weighted by molar-refractivity contribution is 5.95. The van der Waals surface area contributed by atoms with E-state index < -0.39 is 0 Å². The molecule has 2 aliphatic heterocycles. The Bertz CT molecular complexity index is 873. The van der Waals surface area contributed by atoms with Crippen LogP contribution in [0.5, 0.6) is 23.0 Å². The molecular weight excluding hydrogens is 334 g/mol. The maximum atomic E-state index is 12.9. The maximum absolute atomic E-state index is 12.9. The van der Waals surface area contributed by atoms with Crippen molar-refractivity contribution in [2.75, 3.05) is 13.6 Å². The van der Waals surface area contributed by atoms with Crippen molar-refractivity contribution in [3.8, 4) is 23.0 Å². The van der Waals surface area contributed by atoms with Gasteiger partial charge in [0.15, 0.2) is 23.0 Å². The van der Waals surface area contributed by atoms with E-state index in [4.69, 9.17) is 18.9 Å². The van der Waals surface area contributed by atoms with Gasteiger partial charge in [-0.3, -0.25) is 4.79 Å². The van der Waals surface area contributed by atoms with E-state index in [0.29, 0.717) is 17.1 Å². The SMILES string of the molecule is O=C(NC1(c2ccc3c(c2)OCO3)CCCC1)c1ccc2c(c1)OCO2. The van der Waals surface area contributed by atoms with Crippen molar-refractivity contribution >= 4 is 5.91 Å². The highest BCUT2D eigenvalue weighted by Gasteiger charge is 2.38. The van der Waals surface area contributed by atoms with Crippen molar-refractivity contribution < 1.29 is 23.7 Å². The normalized spacial score (nSPS) is 18.8. The van der Waals surface area contributed by atoms with Crippen LogP contribution in [0.4, 0.5) is 0 Å². The van der Waals surface area contributed by atoms with Crippen LogP contribution in [0.3, 0.4) is 0 Å². The fourth-order valence-electron chi connectivity index (χ4n) is 3.99. The number of hydrogen-bond donors (Lipinski definition) is 1. The molecule has 2 aromatic carbocycles. The molecule has 2 heterocycles. The van der Waals surface area contributed by atoms with Crippen LogP contribution in [0.2, 0.25) is 0 Å². The molecule has 26 heavy (non-hydrogen) atoms. The lowest BCUT2D eigenvalue weighted by Gasteiger charge is -2.31. The monoisotopic (exact) mass is 353 g/mol. The highest BCUT2D eigenvalue weighted by atomic mass is 16.7. The van der Waals surface area contributed by atoms with Gasteiger partial charge in [0.05, 0.1) is 5.54 Å². The molecule has 1 fully saturated rings. The maximum Gasteiger partial charge on any atom is 0.252 e. The summed E-state index contributed by atoms with van der Waals surface area (Å²) in [6.45, 7) is 0.441. The number of rotatable bonds is 3. The first-order valence-corrected chi connectivity index (χ1v) is 8.86. The van der Waals surface area contributed by atoms with Crippen LogP contribution < -0.4 is 24.3 Å². The quantitative estimate of drug-likeness (QED) is 0.917. The second kappa shape index (κ2) is 5.83. The molecule has 6 nitrogen and oxygen atoms in total. The van der Waals surface area contributed by atoms with Gasteiger partial charge >= 0.3 is 0 Å². The Morgan fingerprint density at radius 1 is 0.808 bits per heavy atom. The molecule has 134 valence electrons. The zero-order valence-electron chi connectivity index (χ0n) is 14.2. The van der Waals surface area contributed by atoms with E-state index in [1.807, 2.05) is 18.2 Å². The minimum atomic E-state index is -0.381. The third-order valence-corrected chi connectivity index (χ3v) is 5.37. The van der Waals surface area contributed by atoms with Gasteiger partial charge in [-0.05, 0) is 48.7 Å². The molecule has 0 atom stereocenters. The molecule has 0 bridgehead atoms. The first kappa shape index (κ1) is 15.4. The first-order chi connectivity index (χ1) is 12.7. The van der Waals surface area contributed by atoms with Gasteiger partial charge in [0, 0.05) is 5.56 Å². The summed E-state index contributed by atoms with van der Waals surface area (Å²) in [6.07, 6.45) is 3.97. The molecule has 0 radical (unpaired) electrons. The van der Waals surface area contributed by atoms with E-state index >= 15 is 0 Å². The van der Waals surface area contributed by atoms with Crippen molar-refractivity contribution in [1.82, 2.24) is 5.32 Å². The number of benzene rings is 2. The van der Waals surface area contributed by atoms with E-state index in [-0.39, 0.29) is 25.0 Å². The molecule has 3 aliphatic rings. The Hall–Kier alpha value is -2.89. The number of carbonyl (C=O) groups is 1. The molecule has 0 spiro atoms. The topological polar surface area (TPSA) is 66.0 Å². The van der Waals surface area contributed by atoms with Gasteiger partial charge in [-0.2, -0.15) is 0 Å². The van der Waals surface area contributed by atoms with Crippen molar-refractivity contribution in [2.45, 2.75) is 31.2 Å². The fraction of sp³-hybridized carbons (Fsp3) is 0.350. The minimum Gasteiger partial charge on any atom is -0.454 e. The number of nitrogens with one attached hydrogen (secondary N) is 1. The van der Waals surface area contributed by atoms with Crippen LogP contribution in [0, 0.1) is 0 Å². The summed E-state index contributed by atoms with van der Waals surface area (Å²) in [6, 6.07) is 11.2. The van der Waals surface area contributed by atoms with E-state index in [1.54, 1.807) is 18.2 Å². The van der Waals surface area contributed by atoms with Gasteiger partial charge in [-0.25, -0.2) is 0 Å². The molecule has 2 aromatic rings. The summed E-state index contributed by atoms with van der Waals surface area (Å²) in [4.78, 5) is 12.9. The van der Waals surface area contributed by atoms with Crippen LogP contribution in [0.15, 0.2) is 36.4 Å². The van der Waals surface area contributed by atoms with E-state index in [2.05, 4.69) is 5.32 Å². The van der Waals surface area contributed by atoms with Gasteiger partial charge in [0.25, 0.3) is 5.91 Å². The molecule has 1 aliphatic carbocycles. The summed E-state index contributed by atoms with van der Waals surface area (Å²) in [5.41, 5.74) is 1.25. The smallest absolute Gasteiger partial charge is 0.252 e. The predicted molar refractivity (Wildman–Crippen MR) is 92.7 cm³/mol. The molecule has 0 unspecified atom stereocenters. The summed E-state index contributed by atoms with van der Waals surface area (Å²) >= 11 is 0. The largest absolute Gasteiger partial charge is 0.454 e. The van der Waals surface area contributed by atoms with E-state index in [0.717, 1.165) is 42.7 Å². The van der Waals surface area contributed by atoms with Gasteiger partial charge in [0.2, 0.25) is 13.6 Å². The fourth-order valence-corrected chi connectivity index (χ4v) is 3.99. The molecule has 1 saturated carbocycles. The average Bonchev–Trinajstić information content (AvgIpc) is 3.40. The Labute approximate surface area is 151 Å². The molecule has 1 amide bonds. The van der Waals surface area contributed by atoms with Crippen molar-refractivity contribution in [3.05, 3.63) is 47.5 Å². The van der Waals surface area contributed by atoms with Crippen LogP contribution >= 0.6 is 0 Å². The first-order valence-electron chi connectivity index (χ1n) is 8.86. The number of ether oxygens (including phenoxy) is 4. The van der Waals surface area contributed by atoms with Crippen molar-refractivity contribution in [3.63, 3.8) is 0 Å². The van der Waals surface area contributed by atoms with Gasteiger partial charge < -0.3 is 24.3 Å². The Kier molecular flexibility index (Phi) is 3.45. The van der Waals surface area contributed by atoms with E-state index in [9.17, 15) is 4.79 Å². The Morgan fingerprint density at radius 3 is 2.15 bits per heavy atom. The molecular formula is C20H19NO5. The van der Waals surface area contributed by atoms with Crippen LogP contribution in [-0.4, -0.2) is 19.5 Å². The zero-order valence-corrected chi connectivity index (χ0v) is 14.2. The predicted octanol–water partition coefficient (Wildman–Crippen LogP) is 3.34. The third-order valence-electron chi connectivity index (χ3n) is 5.37.